The van der Waals surface area contributed by atoms with Gasteiger partial charge in [-0.1, -0.05) is 11.6 Å². The first-order chi connectivity index (χ1) is 9.33. The fourth-order valence-electron chi connectivity index (χ4n) is 1.75. The van der Waals surface area contributed by atoms with Crippen molar-refractivity contribution in [3.63, 3.8) is 0 Å². The molecule has 20 heavy (non-hydrogen) atoms. The highest BCUT2D eigenvalue weighted by molar-refractivity contribution is 7.92. The van der Waals surface area contributed by atoms with E-state index in [-0.39, 0.29) is 27.0 Å². The van der Waals surface area contributed by atoms with Crippen molar-refractivity contribution < 1.29 is 17.9 Å². The van der Waals surface area contributed by atoms with Crippen LogP contribution in [0.5, 0.6) is 0 Å². The van der Waals surface area contributed by atoms with E-state index in [1.807, 2.05) is 0 Å². The molecular formula is C11H11ClFN3O3S. The number of aryl methyl sites for hydroxylation is 1. The molecule has 0 saturated heterocycles. The molecule has 0 spiro atoms. The van der Waals surface area contributed by atoms with Gasteiger partial charge in [0.2, 0.25) is 0 Å². The van der Waals surface area contributed by atoms with E-state index in [0.29, 0.717) is 0 Å². The average Bonchev–Trinajstić information content (AvgIpc) is 2.69. The van der Waals surface area contributed by atoms with E-state index in [9.17, 15) is 12.8 Å². The number of aromatic nitrogens is 2. The Morgan fingerprint density at radius 2 is 2.15 bits per heavy atom. The van der Waals surface area contributed by atoms with E-state index in [1.165, 1.54) is 13.0 Å². The summed E-state index contributed by atoms with van der Waals surface area (Å²) in [7, 11) is -4.01. The zero-order valence-corrected chi connectivity index (χ0v) is 11.9. The van der Waals surface area contributed by atoms with Crippen molar-refractivity contribution in [3.05, 3.63) is 40.4 Å². The smallest absolute Gasteiger partial charge is 0.265 e. The number of rotatable bonds is 4. The molecule has 1 heterocycles. The lowest BCUT2D eigenvalue weighted by atomic mass is 10.3. The van der Waals surface area contributed by atoms with Crippen molar-refractivity contribution in [2.45, 2.75) is 18.4 Å². The van der Waals surface area contributed by atoms with Gasteiger partial charge in [-0.3, -0.25) is 9.82 Å². The molecule has 108 valence electrons. The Morgan fingerprint density at radius 3 is 2.75 bits per heavy atom. The van der Waals surface area contributed by atoms with Crippen molar-refractivity contribution >= 4 is 27.3 Å². The maximum atomic E-state index is 13.2. The molecule has 1 aromatic heterocycles. The summed E-state index contributed by atoms with van der Waals surface area (Å²) in [6.07, 6.45) is 0. The number of nitrogens with one attached hydrogen (secondary N) is 2. The van der Waals surface area contributed by atoms with Crippen molar-refractivity contribution in [3.8, 4) is 0 Å². The van der Waals surface area contributed by atoms with Gasteiger partial charge in [-0.05, 0) is 25.1 Å². The molecule has 0 bridgehead atoms. The number of hydrogen-bond donors (Lipinski definition) is 3. The van der Waals surface area contributed by atoms with Gasteiger partial charge in [0.05, 0.1) is 18.0 Å². The van der Waals surface area contributed by atoms with Crippen LogP contribution in [0.4, 0.5) is 10.1 Å². The van der Waals surface area contributed by atoms with Crippen LogP contribution in [-0.2, 0) is 16.6 Å². The van der Waals surface area contributed by atoms with Crippen LogP contribution in [0.15, 0.2) is 23.1 Å². The molecule has 0 unspecified atom stereocenters. The third-order valence-corrected chi connectivity index (χ3v) is 4.30. The first-order valence-electron chi connectivity index (χ1n) is 5.47. The highest BCUT2D eigenvalue weighted by atomic mass is 35.5. The number of nitrogens with zero attached hydrogens (tertiary/aromatic N) is 1. The lowest BCUT2D eigenvalue weighted by molar-refractivity contribution is 0.273. The van der Waals surface area contributed by atoms with E-state index < -0.39 is 22.4 Å². The average molecular weight is 320 g/mol. The number of aromatic amines is 1. The lowest BCUT2D eigenvalue weighted by Gasteiger charge is -2.09. The summed E-state index contributed by atoms with van der Waals surface area (Å²) in [4.78, 5) is -0.166. The molecule has 0 aliphatic rings. The molecule has 0 amide bonds. The molecule has 3 N–H and O–H groups in total. The Morgan fingerprint density at radius 1 is 1.45 bits per heavy atom. The number of anilines is 1. The Balaban J connectivity index is 2.43. The largest absolute Gasteiger partial charge is 0.390 e. The van der Waals surface area contributed by atoms with Crippen LogP contribution in [0.2, 0.25) is 5.02 Å². The lowest BCUT2D eigenvalue weighted by Crippen LogP contribution is -2.15. The maximum absolute atomic E-state index is 13.2. The van der Waals surface area contributed by atoms with E-state index in [1.54, 1.807) is 0 Å². The molecule has 0 radical (unpaired) electrons. The number of hydrogen-bond acceptors (Lipinski definition) is 4. The Kier molecular flexibility index (Phi) is 3.98. The predicted molar refractivity (Wildman–Crippen MR) is 71.5 cm³/mol. The van der Waals surface area contributed by atoms with Crippen LogP contribution >= 0.6 is 11.6 Å². The van der Waals surface area contributed by atoms with Crippen LogP contribution in [0, 0.1) is 12.7 Å². The highest BCUT2D eigenvalue weighted by Crippen LogP contribution is 2.24. The molecule has 1 aromatic carbocycles. The van der Waals surface area contributed by atoms with Crippen LogP contribution in [0.1, 0.15) is 11.4 Å². The molecule has 0 fully saturated rings. The normalized spacial score (nSPS) is 11.6. The monoisotopic (exact) mass is 319 g/mol. The van der Waals surface area contributed by atoms with Gasteiger partial charge in [0.15, 0.2) is 0 Å². The Bertz CT molecular complexity index is 725. The fraction of sp³-hybridized carbons (Fsp3) is 0.182. The topological polar surface area (TPSA) is 95.1 Å². The molecule has 0 aliphatic heterocycles. The summed E-state index contributed by atoms with van der Waals surface area (Å²) in [6.45, 7) is 0.962. The van der Waals surface area contributed by atoms with E-state index in [0.717, 1.165) is 12.1 Å². The van der Waals surface area contributed by atoms with Gasteiger partial charge in [-0.15, -0.1) is 0 Å². The van der Waals surface area contributed by atoms with E-state index >= 15 is 0 Å². The van der Waals surface area contributed by atoms with Crippen molar-refractivity contribution in [1.82, 2.24) is 10.2 Å². The molecule has 2 rings (SSSR count). The van der Waals surface area contributed by atoms with Crippen LogP contribution in [-0.4, -0.2) is 23.7 Å². The fourth-order valence-corrected chi connectivity index (χ4v) is 3.37. The Labute approximate surface area is 119 Å². The second-order valence-corrected chi connectivity index (χ2v) is 6.10. The van der Waals surface area contributed by atoms with Crippen LogP contribution < -0.4 is 4.72 Å². The number of aliphatic hydroxyl groups excluding tert-OH is 1. The summed E-state index contributed by atoms with van der Waals surface area (Å²) >= 11 is 5.66. The number of benzene rings is 1. The van der Waals surface area contributed by atoms with Crippen LogP contribution in [0.25, 0.3) is 0 Å². The standard InChI is InChI=1S/C11H11ClFN3O3S/c1-6-11(10(5-17)15-14-6)20(18,19)16-9-3-7(12)2-8(13)4-9/h2-4,16-17H,5H2,1H3,(H,14,15). The number of aliphatic hydroxyl groups is 1. The molecule has 2 aromatic rings. The summed E-state index contributed by atoms with van der Waals surface area (Å²) in [5.74, 6) is -0.665. The predicted octanol–water partition coefficient (Wildman–Crippen LogP) is 1.80. The minimum absolute atomic E-state index is 0.0144. The van der Waals surface area contributed by atoms with E-state index in [2.05, 4.69) is 14.9 Å². The van der Waals surface area contributed by atoms with Gasteiger partial charge in [0.25, 0.3) is 10.0 Å². The molecular weight excluding hydrogens is 309 g/mol. The second-order valence-electron chi connectivity index (χ2n) is 4.05. The molecule has 6 nitrogen and oxygen atoms in total. The third-order valence-electron chi connectivity index (χ3n) is 2.49. The molecule has 0 saturated carbocycles. The SMILES string of the molecule is Cc1[nH]nc(CO)c1S(=O)(=O)Nc1cc(F)cc(Cl)c1. The van der Waals surface area contributed by atoms with Gasteiger partial charge in [-0.2, -0.15) is 5.10 Å². The first-order valence-corrected chi connectivity index (χ1v) is 7.33. The summed E-state index contributed by atoms with van der Waals surface area (Å²) < 4.78 is 39.9. The van der Waals surface area contributed by atoms with E-state index in [4.69, 9.17) is 16.7 Å². The molecule has 9 heteroatoms. The second kappa shape index (κ2) is 5.39. The Hall–Kier alpha value is -1.64. The summed E-state index contributed by atoms with van der Waals surface area (Å²) in [5.41, 5.74) is 0.237. The minimum Gasteiger partial charge on any atom is -0.390 e. The van der Waals surface area contributed by atoms with Crippen molar-refractivity contribution in [2.75, 3.05) is 4.72 Å². The summed E-state index contributed by atoms with van der Waals surface area (Å²) in [5, 5.41) is 15.3. The van der Waals surface area contributed by atoms with Gasteiger partial charge < -0.3 is 5.11 Å². The maximum Gasteiger partial charge on any atom is 0.265 e. The van der Waals surface area contributed by atoms with Crippen molar-refractivity contribution in [2.24, 2.45) is 0 Å². The van der Waals surface area contributed by atoms with Crippen molar-refractivity contribution in [1.29, 1.82) is 0 Å². The zero-order chi connectivity index (χ0) is 14.9. The number of sulfonamides is 1. The number of halogens is 2. The number of H-pyrrole nitrogens is 1. The zero-order valence-electron chi connectivity index (χ0n) is 10.3. The van der Waals surface area contributed by atoms with Gasteiger partial charge in [0, 0.05) is 5.02 Å². The quantitative estimate of drug-likeness (QED) is 0.801. The van der Waals surface area contributed by atoms with Gasteiger partial charge in [0.1, 0.15) is 16.4 Å². The van der Waals surface area contributed by atoms with Crippen LogP contribution in [0.3, 0.4) is 0 Å². The first kappa shape index (κ1) is 14.8. The molecule has 0 atom stereocenters. The minimum atomic E-state index is -4.01. The molecule has 0 aliphatic carbocycles. The highest BCUT2D eigenvalue weighted by Gasteiger charge is 2.24. The van der Waals surface area contributed by atoms with Gasteiger partial charge in [-0.25, -0.2) is 12.8 Å². The third kappa shape index (κ3) is 2.92. The summed E-state index contributed by atoms with van der Waals surface area (Å²) in [6, 6.07) is 3.33. The van der Waals surface area contributed by atoms with Gasteiger partial charge >= 0.3 is 0 Å².